The normalized spacial score (nSPS) is 11.8. The second kappa shape index (κ2) is 6.37. The molecule has 0 saturated carbocycles. The molecule has 2 heterocycles. The Labute approximate surface area is 137 Å². The standard InChI is InChI=1S/C12H12ClN3O2S3/c1-16(7-8-4-5-10(13)20-8)21(17,18)9-3-2-6-15-11(9)12(14)19/h2-6H,7H2,1H3,(H2,14,19). The van der Waals surface area contributed by atoms with Crippen molar-refractivity contribution in [2.24, 2.45) is 5.73 Å². The van der Waals surface area contributed by atoms with Gasteiger partial charge >= 0.3 is 0 Å². The fourth-order valence-electron chi connectivity index (χ4n) is 1.69. The molecule has 112 valence electrons. The molecule has 0 atom stereocenters. The van der Waals surface area contributed by atoms with E-state index in [0.29, 0.717) is 4.34 Å². The molecule has 2 aromatic rings. The number of nitrogens with two attached hydrogens (primary N) is 1. The molecular formula is C12H12ClN3O2S3. The van der Waals surface area contributed by atoms with E-state index in [0.717, 1.165) is 4.88 Å². The number of pyridine rings is 1. The highest BCUT2D eigenvalue weighted by atomic mass is 35.5. The minimum atomic E-state index is -3.74. The highest BCUT2D eigenvalue weighted by Gasteiger charge is 2.25. The summed E-state index contributed by atoms with van der Waals surface area (Å²) >= 11 is 12.0. The zero-order chi connectivity index (χ0) is 15.6. The van der Waals surface area contributed by atoms with Crippen molar-refractivity contribution in [1.29, 1.82) is 0 Å². The van der Waals surface area contributed by atoms with Gasteiger partial charge in [-0.2, -0.15) is 4.31 Å². The van der Waals surface area contributed by atoms with Gasteiger partial charge in [-0.3, -0.25) is 4.98 Å². The van der Waals surface area contributed by atoms with Crippen molar-refractivity contribution in [3.8, 4) is 0 Å². The van der Waals surface area contributed by atoms with E-state index in [1.54, 1.807) is 12.1 Å². The second-order valence-electron chi connectivity index (χ2n) is 4.18. The molecule has 9 heteroatoms. The summed E-state index contributed by atoms with van der Waals surface area (Å²) in [5, 5.41) is 0. The third-order valence-corrected chi connectivity index (χ3v) is 5.94. The maximum atomic E-state index is 12.6. The summed E-state index contributed by atoms with van der Waals surface area (Å²) in [6.45, 7) is 0.214. The first kappa shape index (κ1) is 16.3. The second-order valence-corrected chi connectivity index (χ2v) is 8.43. The minimum absolute atomic E-state index is 0.00246. The van der Waals surface area contributed by atoms with Crippen molar-refractivity contribution in [2.75, 3.05) is 7.05 Å². The van der Waals surface area contributed by atoms with Gasteiger partial charge in [-0.15, -0.1) is 11.3 Å². The number of thiocarbonyl (C=S) groups is 1. The van der Waals surface area contributed by atoms with Crippen LogP contribution in [0.4, 0.5) is 0 Å². The van der Waals surface area contributed by atoms with Gasteiger partial charge < -0.3 is 5.73 Å². The van der Waals surface area contributed by atoms with Crippen LogP contribution in [0.5, 0.6) is 0 Å². The highest BCUT2D eigenvalue weighted by Crippen LogP contribution is 2.25. The number of rotatable bonds is 5. The van der Waals surface area contributed by atoms with Gasteiger partial charge in [0.05, 0.1) is 4.34 Å². The molecule has 0 unspecified atom stereocenters. The molecule has 21 heavy (non-hydrogen) atoms. The average Bonchev–Trinajstić information content (AvgIpc) is 2.84. The van der Waals surface area contributed by atoms with Crippen LogP contribution in [0.1, 0.15) is 10.6 Å². The minimum Gasteiger partial charge on any atom is -0.388 e. The van der Waals surface area contributed by atoms with Crippen LogP contribution in [-0.2, 0) is 16.6 Å². The first-order valence-electron chi connectivity index (χ1n) is 5.77. The van der Waals surface area contributed by atoms with Crippen LogP contribution < -0.4 is 5.73 Å². The van der Waals surface area contributed by atoms with Gasteiger partial charge in [0.2, 0.25) is 10.0 Å². The van der Waals surface area contributed by atoms with Gasteiger partial charge in [0, 0.05) is 24.7 Å². The van der Waals surface area contributed by atoms with Crippen molar-refractivity contribution in [2.45, 2.75) is 11.4 Å². The number of thiophene rings is 1. The Morgan fingerprint density at radius 1 is 1.48 bits per heavy atom. The topological polar surface area (TPSA) is 76.3 Å². The number of sulfonamides is 1. The summed E-state index contributed by atoms with van der Waals surface area (Å²) in [6, 6.07) is 6.49. The Kier molecular flexibility index (Phi) is 4.95. The molecule has 0 aliphatic carbocycles. The Balaban J connectivity index is 2.35. The van der Waals surface area contributed by atoms with Gasteiger partial charge in [-0.1, -0.05) is 23.8 Å². The van der Waals surface area contributed by atoms with Crippen molar-refractivity contribution in [3.63, 3.8) is 0 Å². The summed E-state index contributed by atoms with van der Waals surface area (Å²) in [4.78, 5) is 4.74. The zero-order valence-corrected chi connectivity index (χ0v) is 14.2. The van der Waals surface area contributed by atoms with Gasteiger partial charge in [0.25, 0.3) is 0 Å². The first-order valence-corrected chi connectivity index (χ1v) is 8.82. The average molecular weight is 362 g/mol. The lowest BCUT2D eigenvalue weighted by molar-refractivity contribution is 0.469. The van der Waals surface area contributed by atoms with Crippen molar-refractivity contribution < 1.29 is 8.42 Å². The van der Waals surface area contributed by atoms with Crippen molar-refractivity contribution in [1.82, 2.24) is 9.29 Å². The van der Waals surface area contributed by atoms with Crippen LogP contribution >= 0.6 is 35.2 Å². The maximum Gasteiger partial charge on any atom is 0.245 e. The zero-order valence-electron chi connectivity index (χ0n) is 11.0. The van der Waals surface area contributed by atoms with Crippen LogP contribution in [0.25, 0.3) is 0 Å². The lowest BCUT2D eigenvalue weighted by atomic mass is 10.3. The van der Waals surface area contributed by atoms with E-state index in [1.165, 1.54) is 41.0 Å². The predicted molar refractivity (Wildman–Crippen MR) is 88.1 cm³/mol. The van der Waals surface area contributed by atoms with Gasteiger partial charge in [0.15, 0.2) is 0 Å². The lowest BCUT2D eigenvalue weighted by Crippen LogP contribution is -2.29. The summed E-state index contributed by atoms with van der Waals surface area (Å²) in [5.74, 6) is 0. The summed E-state index contributed by atoms with van der Waals surface area (Å²) in [7, 11) is -2.25. The molecule has 5 nitrogen and oxygen atoms in total. The monoisotopic (exact) mass is 361 g/mol. The third kappa shape index (κ3) is 3.58. The molecule has 0 bridgehead atoms. The first-order chi connectivity index (χ1) is 9.82. The Morgan fingerprint density at radius 3 is 2.76 bits per heavy atom. The largest absolute Gasteiger partial charge is 0.388 e. The van der Waals surface area contributed by atoms with Gasteiger partial charge in [-0.25, -0.2) is 8.42 Å². The Bertz CT molecular complexity index is 774. The molecule has 0 aliphatic heterocycles. The quantitative estimate of drug-likeness (QED) is 0.826. The molecule has 2 N–H and O–H groups in total. The predicted octanol–water partition coefficient (Wildman–Crippen LogP) is 2.25. The fourth-order valence-corrected chi connectivity index (χ4v) is 4.45. The number of hydrogen-bond acceptors (Lipinski definition) is 5. The molecule has 0 aliphatic rings. The van der Waals surface area contributed by atoms with Gasteiger partial charge in [-0.05, 0) is 24.3 Å². The van der Waals surface area contributed by atoms with Crippen molar-refractivity contribution in [3.05, 3.63) is 45.4 Å². The van der Waals surface area contributed by atoms with Crippen molar-refractivity contribution >= 4 is 50.2 Å². The van der Waals surface area contributed by atoms with E-state index >= 15 is 0 Å². The Hall–Kier alpha value is -1.06. The molecule has 0 aromatic carbocycles. The molecular weight excluding hydrogens is 350 g/mol. The maximum absolute atomic E-state index is 12.6. The van der Waals surface area contributed by atoms with Gasteiger partial charge in [0.1, 0.15) is 15.6 Å². The molecule has 0 radical (unpaired) electrons. The highest BCUT2D eigenvalue weighted by molar-refractivity contribution is 7.89. The molecule has 0 saturated heterocycles. The van der Waals surface area contributed by atoms with E-state index in [4.69, 9.17) is 29.6 Å². The smallest absolute Gasteiger partial charge is 0.245 e. The fraction of sp³-hybridized carbons (Fsp3) is 0.167. The molecule has 2 aromatic heterocycles. The van der Waals surface area contributed by atoms with E-state index in [1.807, 2.05) is 0 Å². The Morgan fingerprint density at radius 2 is 2.19 bits per heavy atom. The van der Waals surface area contributed by atoms with Crippen LogP contribution in [0.2, 0.25) is 4.34 Å². The van der Waals surface area contributed by atoms with Crippen LogP contribution in [-0.4, -0.2) is 29.7 Å². The number of aromatic nitrogens is 1. The van der Waals surface area contributed by atoms with Crippen LogP contribution in [0.3, 0.4) is 0 Å². The summed E-state index contributed by atoms with van der Waals surface area (Å²) in [5.41, 5.74) is 5.64. The SMILES string of the molecule is CN(Cc1ccc(Cl)s1)S(=O)(=O)c1cccnc1C(N)=S. The molecule has 2 rings (SSSR count). The van der Waals surface area contributed by atoms with Crippen LogP contribution in [0, 0.1) is 0 Å². The molecule has 0 fully saturated rings. The van der Waals surface area contributed by atoms with E-state index in [2.05, 4.69) is 4.98 Å². The van der Waals surface area contributed by atoms with E-state index in [9.17, 15) is 8.42 Å². The molecule has 0 spiro atoms. The van der Waals surface area contributed by atoms with Crippen LogP contribution in [0.15, 0.2) is 35.4 Å². The number of hydrogen-bond donors (Lipinski definition) is 1. The summed E-state index contributed by atoms with van der Waals surface area (Å²) in [6.07, 6.45) is 1.45. The van der Waals surface area contributed by atoms with E-state index in [-0.39, 0.29) is 22.1 Å². The number of nitrogens with zero attached hydrogens (tertiary/aromatic N) is 2. The summed E-state index contributed by atoms with van der Waals surface area (Å²) < 4.78 is 27.1. The molecule has 0 amide bonds. The lowest BCUT2D eigenvalue weighted by Gasteiger charge is -2.17. The number of halogens is 1. The van der Waals surface area contributed by atoms with E-state index < -0.39 is 10.0 Å². The third-order valence-electron chi connectivity index (χ3n) is 2.70.